The zero-order valence-electron chi connectivity index (χ0n) is 26.6. The fourth-order valence-corrected chi connectivity index (χ4v) is 8.96. The lowest BCUT2D eigenvalue weighted by atomic mass is 9.70. The number of hydrogen-bond acceptors (Lipinski definition) is 1. The minimum absolute atomic E-state index is 0.439. The molecule has 1 atom stereocenters. The molecule has 0 aliphatic heterocycles. The van der Waals surface area contributed by atoms with Gasteiger partial charge in [-0.3, -0.25) is 0 Å². The average Bonchev–Trinajstić information content (AvgIpc) is 3.62. The molecule has 10 rings (SSSR count). The molecular weight excluding hydrogens is 658 g/mol. The van der Waals surface area contributed by atoms with Crippen molar-refractivity contribution < 1.29 is 0 Å². The molecule has 0 aromatic heterocycles. The van der Waals surface area contributed by atoms with Crippen LogP contribution in [0.15, 0.2) is 186 Å². The molecule has 0 N–H and O–H groups in total. The number of halogens is 1. The SMILES string of the molecule is Brc1ccc2c(c1)C1(c3ccccc3-2)c2ccccc2-c2ccc(N(c3ccccc3)c3ccc4ccccc4c3-c3ccccc3)cc21. The van der Waals surface area contributed by atoms with Crippen molar-refractivity contribution in [3.05, 3.63) is 209 Å². The van der Waals surface area contributed by atoms with Gasteiger partial charge in [0, 0.05) is 21.4 Å². The Morgan fingerprint density at radius 2 is 0.980 bits per heavy atom. The van der Waals surface area contributed by atoms with Gasteiger partial charge in [0.2, 0.25) is 0 Å². The second-order valence-electron chi connectivity index (χ2n) is 13.0. The van der Waals surface area contributed by atoms with Crippen LogP contribution in [0.4, 0.5) is 17.1 Å². The summed E-state index contributed by atoms with van der Waals surface area (Å²) >= 11 is 3.86. The van der Waals surface area contributed by atoms with Crippen molar-refractivity contribution in [3.63, 3.8) is 0 Å². The van der Waals surface area contributed by atoms with Gasteiger partial charge in [-0.25, -0.2) is 0 Å². The fraction of sp³-hybridized carbons (Fsp3) is 0.0213. The highest BCUT2D eigenvalue weighted by Crippen LogP contribution is 2.63. The van der Waals surface area contributed by atoms with E-state index in [1.54, 1.807) is 0 Å². The van der Waals surface area contributed by atoms with Gasteiger partial charge in [-0.05, 0) is 103 Å². The largest absolute Gasteiger partial charge is 0.310 e. The van der Waals surface area contributed by atoms with E-state index >= 15 is 0 Å². The summed E-state index contributed by atoms with van der Waals surface area (Å²) in [5.41, 5.74) is 15.9. The van der Waals surface area contributed by atoms with E-state index in [2.05, 4.69) is 203 Å². The van der Waals surface area contributed by atoms with Gasteiger partial charge in [-0.15, -0.1) is 0 Å². The quantitative estimate of drug-likeness (QED) is 0.178. The molecule has 2 aliphatic carbocycles. The lowest BCUT2D eigenvalue weighted by Gasteiger charge is -2.33. The molecule has 0 heterocycles. The summed E-state index contributed by atoms with van der Waals surface area (Å²) < 4.78 is 1.09. The number of fused-ring (bicyclic) bond motifs is 11. The monoisotopic (exact) mass is 687 g/mol. The third-order valence-corrected chi connectivity index (χ3v) is 11.0. The Morgan fingerprint density at radius 3 is 1.71 bits per heavy atom. The van der Waals surface area contributed by atoms with Crippen LogP contribution in [-0.4, -0.2) is 0 Å². The van der Waals surface area contributed by atoms with E-state index in [9.17, 15) is 0 Å². The van der Waals surface area contributed by atoms with Crippen molar-refractivity contribution in [2.75, 3.05) is 4.90 Å². The maximum Gasteiger partial charge on any atom is 0.0726 e. The Morgan fingerprint density at radius 1 is 0.408 bits per heavy atom. The molecule has 8 aromatic carbocycles. The third kappa shape index (κ3) is 4.05. The van der Waals surface area contributed by atoms with Gasteiger partial charge >= 0.3 is 0 Å². The van der Waals surface area contributed by atoms with E-state index < -0.39 is 5.41 Å². The molecule has 0 saturated carbocycles. The predicted molar refractivity (Wildman–Crippen MR) is 208 cm³/mol. The normalized spacial score (nSPS) is 15.1. The van der Waals surface area contributed by atoms with E-state index in [0.717, 1.165) is 21.5 Å². The summed E-state index contributed by atoms with van der Waals surface area (Å²) in [6.45, 7) is 0. The van der Waals surface area contributed by atoms with Gasteiger partial charge in [-0.1, -0.05) is 155 Å². The van der Waals surface area contributed by atoms with E-state index in [4.69, 9.17) is 0 Å². The smallest absolute Gasteiger partial charge is 0.0726 e. The maximum atomic E-state index is 3.86. The molecule has 0 bridgehead atoms. The second kappa shape index (κ2) is 10.9. The summed E-state index contributed by atoms with van der Waals surface area (Å²) in [6, 6.07) is 66.9. The molecule has 1 nitrogen and oxygen atoms in total. The van der Waals surface area contributed by atoms with Crippen LogP contribution in [0.1, 0.15) is 22.3 Å². The lowest BCUT2D eigenvalue weighted by Crippen LogP contribution is -2.26. The molecule has 1 unspecified atom stereocenters. The molecule has 0 radical (unpaired) electrons. The topological polar surface area (TPSA) is 3.24 Å². The molecule has 1 spiro atoms. The van der Waals surface area contributed by atoms with Gasteiger partial charge in [-0.2, -0.15) is 0 Å². The zero-order chi connectivity index (χ0) is 32.5. The first-order chi connectivity index (χ1) is 24.2. The van der Waals surface area contributed by atoms with Gasteiger partial charge in [0.25, 0.3) is 0 Å². The van der Waals surface area contributed by atoms with Crippen molar-refractivity contribution >= 4 is 43.8 Å². The minimum atomic E-state index is -0.439. The van der Waals surface area contributed by atoms with Crippen LogP contribution in [0.5, 0.6) is 0 Å². The molecule has 0 amide bonds. The number of benzene rings is 8. The highest BCUT2D eigenvalue weighted by molar-refractivity contribution is 9.10. The van der Waals surface area contributed by atoms with Gasteiger partial charge < -0.3 is 4.90 Å². The van der Waals surface area contributed by atoms with E-state index in [1.807, 2.05) is 0 Å². The van der Waals surface area contributed by atoms with Crippen molar-refractivity contribution in [1.29, 1.82) is 0 Å². The lowest BCUT2D eigenvalue weighted by molar-refractivity contribution is 0.793. The van der Waals surface area contributed by atoms with Crippen LogP contribution < -0.4 is 4.90 Å². The summed E-state index contributed by atoms with van der Waals surface area (Å²) in [5.74, 6) is 0. The molecule has 8 aromatic rings. The van der Waals surface area contributed by atoms with Gasteiger partial charge in [0.1, 0.15) is 0 Å². The summed E-state index contributed by atoms with van der Waals surface area (Å²) in [7, 11) is 0. The maximum absolute atomic E-state index is 3.86. The van der Waals surface area contributed by atoms with Crippen LogP contribution in [-0.2, 0) is 5.41 Å². The van der Waals surface area contributed by atoms with E-state index in [1.165, 1.54) is 66.4 Å². The highest BCUT2D eigenvalue weighted by Gasteiger charge is 2.51. The standard InChI is InChI=1S/C47H30BrN/c48-33-24-26-39-37-19-9-11-21-41(37)47(43(39)29-33)42-22-12-10-20-38(42)40-27-25-35(30-44(40)47)49(34-16-5-2-6-17-34)45-28-23-31-13-7-8-18-36(31)46(45)32-14-3-1-4-15-32/h1-30H. The third-order valence-electron chi connectivity index (χ3n) is 10.5. The van der Waals surface area contributed by atoms with Crippen LogP contribution >= 0.6 is 15.9 Å². The van der Waals surface area contributed by atoms with Crippen LogP contribution in [0.2, 0.25) is 0 Å². The van der Waals surface area contributed by atoms with E-state index in [0.29, 0.717) is 0 Å². The Kier molecular flexibility index (Phi) is 6.31. The number of anilines is 3. The Hall–Kier alpha value is -5.70. The molecule has 49 heavy (non-hydrogen) atoms. The molecule has 0 saturated heterocycles. The summed E-state index contributed by atoms with van der Waals surface area (Å²) in [4.78, 5) is 2.45. The van der Waals surface area contributed by atoms with Crippen molar-refractivity contribution in [2.45, 2.75) is 5.41 Å². The molecule has 0 fully saturated rings. The van der Waals surface area contributed by atoms with Crippen LogP contribution in [0, 0.1) is 0 Å². The molecule has 2 aliphatic rings. The Bertz CT molecular complexity index is 2560. The van der Waals surface area contributed by atoms with Crippen molar-refractivity contribution in [1.82, 2.24) is 0 Å². The van der Waals surface area contributed by atoms with Gasteiger partial charge in [0.15, 0.2) is 0 Å². The average molecular weight is 689 g/mol. The molecule has 2 heteroatoms. The van der Waals surface area contributed by atoms with Crippen LogP contribution in [0.25, 0.3) is 44.2 Å². The molecule has 230 valence electrons. The highest BCUT2D eigenvalue weighted by atomic mass is 79.9. The van der Waals surface area contributed by atoms with Crippen molar-refractivity contribution in [3.8, 4) is 33.4 Å². The van der Waals surface area contributed by atoms with Gasteiger partial charge in [0.05, 0.1) is 11.1 Å². The van der Waals surface area contributed by atoms with Crippen molar-refractivity contribution in [2.24, 2.45) is 0 Å². The second-order valence-corrected chi connectivity index (χ2v) is 13.9. The molecular formula is C47H30BrN. The Labute approximate surface area is 294 Å². The van der Waals surface area contributed by atoms with E-state index in [-0.39, 0.29) is 0 Å². The Balaban J connectivity index is 1.30. The number of nitrogens with zero attached hydrogens (tertiary/aromatic N) is 1. The zero-order valence-corrected chi connectivity index (χ0v) is 28.2. The minimum Gasteiger partial charge on any atom is -0.310 e. The first kappa shape index (κ1) is 28.3. The first-order valence-electron chi connectivity index (χ1n) is 16.8. The first-order valence-corrected chi connectivity index (χ1v) is 17.6. The fourth-order valence-electron chi connectivity index (χ4n) is 8.60. The van der Waals surface area contributed by atoms with Crippen LogP contribution in [0.3, 0.4) is 0 Å². The summed E-state index contributed by atoms with van der Waals surface area (Å²) in [5, 5.41) is 2.46. The number of hydrogen-bond donors (Lipinski definition) is 0. The summed E-state index contributed by atoms with van der Waals surface area (Å²) in [6.07, 6.45) is 0. The predicted octanol–water partition coefficient (Wildman–Crippen LogP) is 13.1. The number of rotatable bonds is 4. The number of para-hydroxylation sites is 1.